The zero-order valence-corrected chi connectivity index (χ0v) is 26.4. The summed E-state index contributed by atoms with van der Waals surface area (Å²) in [7, 11) is 0. The van der Waals surface area contributed by atoms with Gasteiger partial charge >= 0.3 is 6.09 Å². The number of halogens is 1. The molecule has 2 atom stereocenters. The minimum Gasteiger partial charge on any atom is -0.444 e. The van der Waals surface area contributed by atoms with Gasteiger partial charge in [-0.3, -0.25) is 9.88 Å². The van der Waals surface area contributed by atoms with Gasteiger partial charge in [-0.1, -0.05) is 30.7 Å². The third kappa shape index (κ3) is 5.83. The lowest BCUT2D eigenvalue weighted by atomic mass is 9.85. The average Bonchev–Trinajstić information content (AvgIpc) is 3.71. The molecule has 3 aliphatic rings. The predicted octanol–water partition coefficient (Wildman–Crippen LogP) is 6.05. The van der Waals surface area contributed by atoms with Crippen molar-refractivity contribution in [2.75, 3.05) is 39.4 Å². The molecule has 4 heterocycles. The second-order valence-electron chi connectivity index (χ2n) is 12.5. The minimum absolute atomic E-state index is 0.130. The van der Waals surface area contributed by atoms with Crippen molar-refractivity contribution in [1.29, 1.82) is 0 Å². The van der Waals surface area contributed by atoms with Crippen molar-refractivity contribution in [3.8, 4) is 0 Å². The normalized spacial score (nSPS) is 22.0. The number of fused-ring (bicyclic) bond motifs is 2. The summed E-state index contributed by atoms with van der Waals surface area (Å²) in [5.41, 5.74) is 5.84. The highest BCUT2D eigenvalue weighted by Gasteiger charge is 2.54. The number of amides is 1. The fourth-order valence-electron chi connectivity index (χ4n) is 6.12. The van der Waals surface area contributed by atoms with Gasteiger partial charge in [-0.25, -0.2) is 9.78 Å². The molecule has 228 valence electrons. The number of imidazole rings is 1. The molecular formula is C33H40ClN5O4. The van der Waals surface area contributed by atoms with Gasteiger partial charge in [0.15, 0.2) is 5.60 Å². The van der Waals surface area contributed by atoms with Crippen LogP contribution in [0.1, 0.15) is 73.9 Å². The van der Waals surface area contributed by atoms with Crippen LogP contribution in [0.25, 0.3) is 11.6 Å². The Balaban J connectivity index is 1.37. The maximum atomic E-state index is 12.8. The maximum Gasteiger partial charge on any atom is 0.410 e. The van der Waals surface area contributed by atoms with E-state index in [1.54, 1.807) is 4.90 Å². The quantitative estimate of drug-likeness (QED) is 0.240. The topological polar surface area (TPSA) is 85.2 Å². The SMILES string of the molecule is CCCOCn1cnc(C2(C3=Cc4cccnc4C(N4CCN(C(=O)OC(C)(C)C)CC4)c4ccc(Cl)cc43)CO2)c1C. The fourth-order valence-corrected chi connectivity index (χ4v) is 6.30. The van der Waals surface area contributed by atoms with Gasteiger partial charge in [0.2, 0.25) is 0 Å². The third-order valence-corrected chi connectivity index (χ3v) is 8.53. The summed E-state index contributed by atoms with van der Waals surface area (Å²) in [5, 5.41) is 0.656. The number of nitrogens with zero attached hydrogens (tertiary/aromatic N) is 5. The van der Waals surface area contributed by atoms with E-state index in [0.29, 0.717) is 51.1 Å². The number of carbonyl (C=O) groups is 1. The Labute approximate surface area is 258 Å². The summed E-state index contributed by atoms with van der Waals surface area (Å²) in [5.74, 6) is 0. The van der Waals surface area contributed by atoms with Crippen molar-refractivity contribution >= 4 is 29.3 Å². The molecule has 0 N–H and O–H groups in total. The number of benzene rings is 1. The fraction of sp³-hybridized carbons (Fsp3) is 0.485. The number of aromatic nitrogens is 3. The summed E-state index contributed by atoms with van der Waals surface area (Å²) in [4.78, 5) is 26.8. The average molecular weight is 606 g/mol. The van der Waals surface area contributed by atoms with Crippen molar-refractivity contribution in [3.05, 3.63) is 81.7 Å². The van der Waals surface area contributed by atoms with Crippen LogP contribution in [-0.4, -0.2) is 75.4 Å². The molecule has 3 aromatic rings. The van der Waals surface area contributed by atoms with Crippen molar-refractivity contribution in [3.63, 3.8) is 0 Å². The zero-order valence-electron chi connectivity index (χ0n) is 25.6. The first-order chi connectivity index (χ1) is 20.6. The molecule has 1 aromatic carbocycles. The largest absolute Gasteiger partial charge is 0.444 e. The van der Waals surface area contributed by atoms with E-state index in [4.69, 9.17) is 35.8 Å². The number of carbonyl (C=O) groups excluding carboxylic acids is 1. The van der Waals surface area contributed by atoms with Crippen LogP contribution in [0.15, 0.2) is 42.9 Å². The lowest BCUT2D eigenvalue weighted by Gasteiger charge is -2.40. The molecule has 2 unspecified atom stereocenters. The molecule has 2 fully saturated rings. The van der Waals surface area contributed by atoms with Crippen LogP contribution in [0.5, 0.6) is 0 Å². The Kier molecular flexibility index (Phi) is 8.10. The van der Waals surface area contributed by atoms with Crippen molar-refractivity contribution < 1.29 is 19.0 Å². The number of piperazine rings is 1. The Morgan fingerprint density at radius 3 is 2.63 bits per heavy atom. The van der Waals surface area contributed by atoms with E-state index in [0.717, 1.165) is 45.8 Å². The van der Waals surface area contributed by atoms with Gasteiger partial charge in [-0.05, 0) is 75.1 Å². The molecule has 2 aliphatic heterocycles. The molecular weight excluding hydrogens is 566 g/mol. The van der Waals surface area contributed by atoms with Crippen LogP contribution in [0.3, 0.4) is 0 Å². The minimum atomic E-state index is -0.697. The molecule has 9 nitrogen and oxygen atoms in total. The van der Waals surface area contributed by atoms with Gasteiger partial charge in [-0.2, -0.15) is 0 Å². The van der Waals surface area contributed by atoms with E-state index in [9.17, 15) is 4.79 Å². The Hall–Kier alpha value is -3.24. The summed E-state index contributed by atoms with van der Waals surface area (Å²) in [6.07, 6.45) is 6.58. The van der Waals surface area contributed by atoms with E-state index in [1.807, 2.05) is 56.1 Å². The van der Waals surface area contributed by atoms with Crippen molar-refractivity contribution in [1.82, 2.24) is 24.3 Å². The van der Waals surface area contributed by atoms with E-state index < -0.39 is 11.2 Å². The molecule has 1 aliphatic carbocycles. The van der Waals surface area contributed by atoms with Crippen LogP contribution in [-0.2, 0) is 26.5 Å². The first kappa shape index (κ1) is 29.8. The van der Waals surface area contributed by atoms with E-state index in [-0.39, 0.29) is 12.1 Å². The van der Waals surface area contributed by atoms with Crippen LogP contribution in [0.4, 0.5) is 4.79 Å². The number of hydrogen-bond donors (Lipinski definition) is 0. The summed E-state index contributed by atoms with van der Waals surface area (Å²) in [6, 6.07) is 10.0. The number of epoxide rings is 1. The number of rotatable bonds is 7. The predicted molar refractivity (Wildman–Crippen MR) is 166 cm³/mol. The molecule has 10 heteroatoms. The summed E-state index contributed by atoms with van der Waals surface area (Å²) in [6.45, 7) is 14.0. The number of hydrogen-bond acceptors (Lipinski definition) is 7. The highest BCUT2D eigenvalue weighted by molar-refractivity contribution is 6.30. The standard InChI is InChI=1S/C33H40ClN5O4/c1-6-16-41-21-39-20-36-30(22(39)2)33(19-42-33)27-17-23-8-7-11-35-28(23)29(25-10-9-24(34)18-26(25)27)37-12-14-38(15-13-37)31(40)43-32(3,4)5/h7-11,17-18,20,29H,6,12-16,19,21H2,1-5H3. The van der Waals surface area contributed by atoms with Crippen LogP contribution in [0.2, 0.25) is 5.02 Å². The first-order valence-electron chi connectivity index (χ1n) is 15.0. The van der Waals surface area contributed by atoms with E-state index in [1.165, 1.54) is 0 Å². The van der Waals surface area contributed by atoms with Gasteiger partial charge in [0, 0.05) is 55.3 Å². The molecule has 43 heavy (non-hydrogen) atoms. The lowest BCUT2D eigenvalue weighted by molar-refractivity contribution is 0.0118. The molecule has 0 spiro atoms. The molecule has 0 saturated carbocycles. The van der Waals surface area contributed by atoms with Gasteiger partial charge in [0.25, 0.3) is 0 Å². The van der Waals surface area contributed by atoms with Crippen LogP contribution < -0.4 is 0 Å². The van der Waals surface area contributed by atoms with Crippen molar-refractivity contribution in [2.24, 2.45) is 0 Å². The highest BCUT2D eigenvalue weighted by Crippen LogP contribution is 2.54. The smallest absolute Gasteiger partial charge is 0.410 e. The lowest BCUT2D eigenvalue weighted by Crippen LogP contribution is -2.51. The Morgan fingerprint density at radius 1 is 1.16 bits per heavy atom. The molecule has 2 saturated heterocycles. The van der Waals surface area contributed by atoms with Gasteiger partial charge in [-0.15, -0.1) is 0 Å². The van der Waals surface area contributed by atoms with Crippen LogP contribution >= 0.6 is 11.6 Å². The summed E-state index contributed by atoms with van der Waals surface area (Å²) < 4.78 is 19.8. The Morgan fingerprint density at radius 2 is 1.93 bits per heavy atom. The Bertz CT molecular complexity index is 1530. The molecule has 6 rings (SSSR count). The molecule has 0 bridgehead atoms. The monoisotopic (exact) mass is 605 g/mol. The van der Waals surface area contributed by atoms with Crippen LogP contribution in [0, 0.1) is 6.92 Å². The van der Waals surface area contributed by atoms with Crippen molar-refractivity contribution in [2.45, 2.75) is 65.0 Å². The highest BCUT2D eigenvalue weighted by atomic mass is 35.5. The van der Waals surface area contributed by atoms with Gasteiger partial charge < -0.3 is 23.7 Å². The van der Waals surface area contributed by atoms with Gasteiger partial charge in [0.05, 0.1) is 24.7 Å². The third-order valence-electron chi connectivity index (χ3n) is 8.29. The number of ether oxygens (including phenoxy) is 3. The second kappa shape index (κ2) is 11.7. The second-order valence-corrected chi connectivity index (χ2v) is 12.9. The number of pyridine rings is 1. The van der Waals surface area contributed by atoms with Gasteiger partial charge in [0.1, 0.15) is 18.0 Å². The molecule has 0 radical (unpaired) electrons. The van der Waals surface area contributed by atoms with E-state index in [2.05, 4.69) is 37.0 Å². The summed E-state index contributed by atoms with van der Waals surface area (Å²) >= 11 is 6.68. The first-order valence-corrected chi connectivity index (χ1v) is 15.4. The van der Waals surface area contributed by atoms with E-state index >= 15 is 0 Å². The maximum absolute atomic E-state index is 12.8. The molecule has 2 aromatic heterocycles. The molecule has 1 amide bonds. The zero-order chi connectivity index (χ0) is 30.4.